The summed E-state index contributed by atoms with van der Waals surface area (Å²) in [6.07, 6.45) is 0. The van der Waals surface area contributed by atoms with Crippen LogP contribution in [0.15, 0.2) is 30.3 Å². The minimum atomic E-state index is 0.0556. The maximum absolute atomic E-state index is 8.63. The van der Waals surface area contributed by atoms with Crippen LogP contribution < -0.4 is 0 Å². The number of hydrogen-bond acceptors (Lipinski definition) is 2. The summed E-state index contributed by atoms with van der Waals surface area (Å²) in [5.41, 5.74) is 0. The predicted molar refractivity (Wildman–Crippen MR) is 28.8 cm³/mol. The van der Waals surface area contributed by atoms with Gasteiger partial charge in [0.1, 0.15) is 5.75 Å². The van der Waals surface area contributed by atoms with Crippen LogP contribution in [0.25, 0.3) is 0 Å². The van der Waals surface area contributed by atoms with Crippen LogP contribution in [0, 0.1) is 0 Å². The molecular weight excluding hydrogens is 283 g/mol. The molecule has 0 bridgehead atoms. The monoisotopic (exact) mass is 290 g/mol. The third-order valence-corrected chi connectivity index (χ3v) is 0.756. The van der Waals surface area contributed by atoms with Crippen LogP contribution in [-0.2, 0) is 27.2 Å². The van der Waals surface area contributed by atoms with E-state index in [9.17, 15) is 0 Å². The minimum absolute atomic E-state index is 0.0556. The van der Waals surface area contributed by atoms with Crippen molar-refractivity contribution in [3.63, 3.8) is 0 Å². The van der Waals surface area contributed by atoms with Crippen molar-refractivity contribution in [3.05, 3.63) is 30.3 Å². The Kier molecular flexibility index (Phi) is 5.62. The van der Waals surface area contributed by atoms with Gasteiger partial charge in [-0.3, -0.25) is 0 Å². The molecule has 2 nitrogen and oxygen atoms in total. The van der Waals surface area contributed by atoms with E-state index in [-0.39, 0.29) is 24.4 Å². The van der Waals surface area contributed by atoms with E-state index in [1.165, 1.54) is 0 Å². The van der Waals surface area contributed by atoms with Gasteiger partial charge in [0.15, 0.2) is 0 Å². The molecule has 0 aliphatic carbocycles. The Morgan fingerprint density at radius 2 is 1.56 bits per heavy atom. The number of hydrogen-bond donors (Lipinski definition) is 1. The van der Waals surface area contributed by atoms with Crippen LogP contribution in [-0.4, -0.2) is 5.11 Å². The van der Waals surface area contributed by atoms with E-state index in [0.29, 0.717) is 5.75 Å². The molecule has 0 spiro atoms. The number of phenolic OH excluding ortho intramolecular Hbond substituents is 1. The quantitative estimate of drug-likeness (QED) is 0.730. The summed E-state index contributed by atoms with van der Waals surface area (Å²) in [6.45, 7) is 0. The Labute approximate surface area is 68.5 Å². The van der Waals surface area contributed by atoms with Gasteiger partial charge in [0.25, 0.3) is 0 Å². The van der Waals surface area contributed by atoms with Gasteiger partial charge in [-0.25, -0.2) is 0 Å². The van der Waals surface area contributed by atoms with Crippen molar-refractivity contribution in [1.82, 2.24) is 0 Å². The number of benzene rings is 1. The zero-order valence-corrected chi connectivity index (χ0v) is 8.33. The van der Waals surface area contributed by atoms with Crippen LogP contribution in [0.3, 0.4) is 0 Å². The van der Waals surface area contributed by atoms with Gasteiger partial charge >= 0.3 is 27.2 Å². The molecule has 0 unspecified atom stereocenters. The molecule has 46 valence electrons. The van der Waals surface area contributed by atoms with Crippen LogP contribution in [0.5, 0.6) is 5.75 Å². The fourth-order valence-corrected chi connectivity index (χ4v) is 0.428. The Morgan fingerprint density at radius 1 is 1.11 bits per heavy atom. The SMILES string of the molecule is Oc1ccccc1.[O]=[Hf]. The number of rotatable bonds is 0. The average molecular weight is 289 g/mol. The van der Waals surface area contributed by atoms with E-state index in [0.717, 1.165) is 0 Å². The van der Waals surface area contributed by atoms with Gasteiger partial charge in [0, 0.05) is 0 Å². The summed E-state index contributed by atoms with van der Waals surface area (Å²) in [5.74, 6) is 0.322. The summed E-state index contributed by atoms with van der Waals surface area (Å²) in [6, 6.07) is 8.71. The molecule has 1 rings (SSSR count). The number of aromatic hydroxyl groups is 1. The van der Waals surface area contributed by atoms with Crippen LogP contribution in [0.4, 0.5) is 0 Å². The summed E-state index contributed by atoms with van der Waals surface area (Å²) in [7, 11) is 0. The van der Waals surface area contributed by atoms with Crippen LogP contribution in [0.2, 0.25) is 0 Å². The first kappa shape index (κ1) is 8.69. The Bertz CT molecular complexity index is 152. The summed E-state index contributed by atoms with van der Waals surface area (Å²) < 4.78 is 8.39. The van der Waals surface area contributed by atoms with Gasteiger partial charge < -0.3 is 5.11 Å². The van der Waals surface area contributed by atoms with Crippen molar-refractivity contribution in [2.24, 2.45) is 0 Å². The second-order valence-corrected chi connectivity index (χ2v) is 1.34. The van der Waals surface area contributed by atoms with Gasteiger partial charge in [0.2, 0.25) is 0 Å². The molecule has 0 aliphatic heterocycles. The van der Waals surface area contributed by atoms with E-state index < -0.39 is 0 Å². The normalized spacial score (nSPS) is 7.00. The molecule has 0 fully saturated rings. The van der Waals surface area contributed by atoms with Crippen LogP contribution in [0.1, 0.15) is 0 Å². The Hall–Kier alpha value is -0.310. The molecule has 1 aromatic rings. The summed E-state index contributed by atoms with van der Waals surface area (Å²) in [4.78, 5) is 0. The molecule has 3 heteroatoms. The van der Waals surface area contributed by atoms with Crippen molar-refractivity contribution in [2.45, 2.75) is 0 Å². The number of phenols is 1. The molecule has 0 amide bonds. The van der Waals surface area contributed by atoms with Crippen molar-refractivity contribution >= 4 is 0 Å². The Morgan fingerprint density at radius 3 is 1.78 bits per heavy atom. The molecule has 1 N–H and O–H groups in total. The maximum atomic E-state index is 8.63. The Balaban J connectivity index is 0.000000291. The van der Waals surface area contributed by atoms with E-state index in [1.807, 2.05) is 6.07 Å². The molecule has 0 aromatic heterocycles. The van der Waals surface area contributed by atoms with E-state index in [1.54, 1.807) is 24.3 Å². The molecule has 0 heterocycles. The van der Waals surface area contributed by atoms with Gasteiger partial charge in [-0.1, -0.05) is 18.2 Å². The fourth-order valence-electron chi connectivity index (χ4n) is 0.428. The summed E-state index contributed by atoms with van der Waals surface area (Å²) in [5, 5.41) is 8.63. The molecule has 1 aromatic carbocycles. The van der Waals surface area contributed by atoms with Gasteiger partial charge in [-0.05, 0) is 12.1 Å². The van der Waals surface area contributed by atoms with Crippen molar-refractivity contribution in [1.29, 1.82) is 0 Å². The second kappa shape index (κ2) is 5.82. The topological polar surface area (TPSA) is 37.3 Å². The van der Waals surface area contributed by atoms with Crippen molar-refractivity contribution in [3.8, 4) is 5.75 Å². The zero-order valence-electron chi connectivity index (χ0n) is 4.74. The van der Waals surface area contributed by atoms with Gasteiger partial charge in [0.05, 0.1) is 0 Å². The molecular formula is C6H6HfO2. The standard InChI is InChI=1S/C6H6O.Hf.O/c7-6-4-2-1-3-5-6;;/h1-5,7H;;. The molecule has 0 aliphatic rings. The van der Waals surface area contributed by atoms with Crippen molar-refractivity contribution in [2.75, 3.05) is 0 Å². The first-order valence-electron chi connectivity index (χ1n) is 2.34. The van der Waals surface area contributed by atoms with E-state index >= 15 is 0 Å². The zero-order chi connectivity index (χ0) is 7.11. The number of para-hydroxylation sites is 1. The summed E-state index contributed by atoms with van der Waals surface area (Å²) >= 11 is 0.0556. The second-order valence-electron chi connectivity index (χ2n) is 1.34. The average Bonchev–Trinajstić information content (AvgIpc) is 1.94. The molecule has 0 saturated heterocycles. The third-order valence-electron chi connectivity index (χ3n) is 0.756. The predicted octanol–water partition coefficient (Wildman–Crippen LogP) is 1.27. The molecule has 0 saturated carbocycles. The fraction of sp³-hybridized carbons (Fsp3) is 0. The van der Waals surface area contributed by atoms with E-state index in [4.69, 9.17) is 7.96 Å². The first-order valence-corrected chi connectivity index (χ1v) is 3.81. The molecule has 0 radical (unpaired) electrons. The first-order chi connectivity index (χ1) is 4.39. The molecule has 0 atom stereocenters. The van der Waals surface area contributed by atoms with Gasteiger partial charge in [-0.2, -0.15) is 0 Å². The van der Waals surface area contributed by atoms with Crippen LogP contribution >= 0.6 is 0 Å². The third kappa shape index (κ3) is 4.21. The van der Waals surface area contributed by atoms with Gasteiger partial charge in [-0.15, -0.1) is 0 Å². The van der Waals surface area contributed by atoms with E-state index in [2.05, 4.69) is 0 Å². The molecule has 9 heavy (non-hydrogen) atoms. The van der Waals surface area contributed by atoms with Crippen molar-refractivity contribution < 1.29 is 32.3 Å².